The second-order valence-electron chi connectivity index (χ2n) is 9.33. The van der Waals surface area contributed by atoms with Crippen LogP contribution in [-0.4, -0.2) is 23.5 Å². The van der Waals surface area contributed by atoms with Crippen molar-refractivity contribution in [2.45, 2.75) is 71.3 Å². The summed E-state index contributed by atoms with van der Waals surface area (Å²) in [6, 6.07) is 0.265. The lowest BCUT2D eigenvalue weighted by Crippen LogP contribution is -2.64. The fourth-order valence-corrected chi connectivity index (χ4v) is 7.42. The topological polar surface area (TPSA) is 72.3 Å². The Morgan fingerprint density at radius 1 is 1.04 bits per heavy atom. The highest BCUT2D eigenvalue weighted by atomic mass is 16.2. The van der Waals surface area contributed by atoms with Gasteiger partial charge in [-0.1, -0.05) is 13.8 Å². The zero-order valence-electron chi connectivity index (χ0n) is 14.8. The molecule has 1 heterocycles. The van der Waals surface area contributed by atoms with Crippen LogP contribution in [0.5, 0.6) is 0 Å². The number of nitrogens with two attached hydrogens (primary N) is 2. The smallest absolute Gasteiger partial charge is 0.236 e. The van der Waals surface area contributed by atoms with Gasteiger partial charge in [-0.05, 0) is 86.0 Å². The molecule has 0 bridgehead atoms. The van der Waals surface area contributed by atoms with Crippen molar-refractivity contribution in [3.05, 3.63) is 0 Å². The van der Waals surface area contributed by atoms with Gasteiger partial charge in [-0.15, -0.1) is 0 Å². The zero-order chi connectivity index (χ0) is 16.4. The number of hydrazine groups is 1. The van der Waals surface area contributed by atoms with E-state index in [9.17, 15) is 4.79 Å². The minimum Gasteiger partial charge on any atom is -0.330 e. The lowest BCUT2D eigenvalue weighted by Gasteiger charge is -2.61. The molecule has 0 aromatic heterocycles. The van der Waals surface area contributed by atoms with Crippen molar-refractivity contribution >= 4 is 5.91 Å². The first-order valence-corrected chi connectivity index (χ1v) is 9.68. The van der Waals surface area contributed by atoms with E-state index in [2.05, 4.69) is 13.8 Å². The Kier molecular flexibility index (Phi) is 3.59. The van der Waals surface area contributed by atoms with Crippen LogP contribution in [0.2, 0.25) is 0 Å². The van der Waals surface area contributed by atoms with Crippen LogP contribution in [0.4, 0.5) is 0 Å². The van der Waals surface area contributed by atoms with Crippen LogP contribution >= 0.6 is 0 Å². The first kappa shape index (κ1) is 15.9. The van der Waals surface area contributed by atoms with Crippen molar-refractivity contribution < 1.29 is 4.79 Å². The van der Waals surface area contributed by atoms with Crippen LogP contribution in [0.15, 0.2) is 0 Å². The van der Waals surface area contributed by atoms with Gasteiger partial charge < -0.3 is 5.73 Å². The maximum Gasteiger partial charge on any atom is 0.236 e. The van der Waals surface area contributed by atoms with Gasteiger partial charge in [0.2, 0.25) is 5.91 Å². The maximum absolute atomic E-state index is 12.1. The highest BCUT2D eigenvalue weighted by Crippen LogP contribution is 2.65. The largest absolute Gasteiger partial charge is 0.330 e. The van der Waals surface area contributed by atoms with Crippen LogP contribution in [0, 0.1) is 34.5 Å². The van der Waals surface area contributed by atoms with Crippen LogP contribution in [-0.2, 0) is 4.79 Å². The first-order chi connectivity index (χ1) is 10.9. The van der Waals surface area contributed by atoms with Crippen molar-refractivity contribution in [3.8, 4) is 0 Å². The Balaban J connectivity index is 1.64. The second kappa shape index (κ2) is 5.19. The van der Waals surface area contributed by atoms with E-state index in [1.807, 2.05) is 0 Å². The Morgan fingerprint density at radius 3 is 2.52 bits per heavy atom. The van der Waals surface area contributed by atoms with Gasteiger partial charge in [0.1, 0.15) is 0 Å². The third kappa shape index (κ3) is 2.00. The molecule has 4 N–H and O–H groups in total. The summed E-state index contributed by atoms with van der Waals surface area (Å²) in [5.74, 6) is 9.47. The highest BCUT2D eigenvalue weighted by Gasteiger charge is 2.60. The van der Waals surface area contributed by atoms with Crippen LogP contribution in [0.3, 0.4) is 0 Å². The molecule has 1 saturated heterocycles. The number of fused-ring (bicyclic) bond motifs is 5. The molecule has 7 atom stereocenters. The number of carbonyl (C=O) groups is 1. The molecule has 1 amide bonds. The fraction of sp³-hybridized carbons (Fsp3) is 0.947. The summed E-state index contributed by atoms with van der Waals surface area (Å²) in [6.45, 7) is 5.81. The predicted octanol–water partition coefficient (Wildman–Crippen LogP) is 2.67. The van der Waals surface area contributed by atoms with Gasteiger partial charge in [0.05, 0.1) is 6.04 Å². The SMILES string of the molecule is CC12CCC3C(CCC4N(N)C(=O)CCC34C)C1CCC2CN. The molecule has 4 aliphatic rings. The van der Waals surface area contributed by atoms with Gasteiger partial charge in [-0.3, -0.25) is 9.80 Å². The van der Waals surface area contributed by atoms with Crippen LogP contribution < -0.4 is 11.6 Å². The van der Waals surface area contributed by atoms with Gasteiger partial charge >= 0.3 is 0 Å². The molecular weight excluding hydrogens is 286 g/mol. The van der Waals surface area contributed by atoms with Crippen LogP contribution in [0.25, 0.3) is 0 Å². The number of piperidine rings is 1. The van der Waals surface area contributed by atoms with Crippen molar-refractivity contribution in [2.75, 3.05) is 6.54 Å². The van der Waals surface area contributed by atoms with Gasteiger partial charge in [0, 0.05) is 6.42 Å². The summed E-state index contributed by atoms with van der Waals surface area (Å²) < 4.78 is 0. The number of carbonyl (C=O) groups excluding carboxylic acids is 1. The van der Waals surface area contributed by atoms with Crippen molar-refractivity contribution in [1.82, 2.24) is 5.01 Å². The first-order valence-electron chi connectivity index (χ1n) is 9.68. The minimum atomic E-state index is 0.149. The van der Waals surface area contributed by atoms with Crippen molar-refractivity contribution in [3.63, 3.8) is 0 Å². The maximum atomic E-state index is 12.1. The molecule has 4 rings (SSSR count). The minimum absolute atomic E-state index is 0.149. The molecule has 4 heteroatoms. The van der Waals surface area contributed by atoms with E-state index in [4.69, 9.17) is 11.6 Å². The van der Waals surface area contributed by atoms with E-state index in [1.165, 1.54) is 32.1 Å². The Bertz CT molecular complexity index is 509. The third-order valence-corrected chi connectivity index (χ3v) is 8.80. The quantitative estimate of drug-likeness (QED) is 0.576. The number of nitrogens with zero attached hydrogens (tertiary/aromatic N) is 1. The number of rotatable bonds is 1. The summed E-state index contributed by atoms with van der Waals surface area (Å²) in [5.41, 5.74) is 6.79. The molecule has 0 spiro atoms. The molecule has 0 aromatic carbocycles. The molecule has 0 radical (unpaired) electrons. The summed E-state index contributed by atoms with van der Waals surface area (Å²) in [6.07, 6.45) is 9.34. The average Bonchev–Trinajstić information content (AvgIpc) is 2.88. The van der Waals surface area contributed by atoms with E-state index in [0.29, 0.717) is 11.8 Å². The number of hydrogen-bond acceptors (Lipinski definition) is 3. The Morgan fingerprint density at radius 2 is 1.78 bits per heavy atom. The summed E-state index contributed by atoms with van der Waals surface area (Å²) in [7, 11) is 0. The lowest BCUT2D eigenvalue weighted by atomic mass is 9.47. The van der Waals surface area contributed by atoms with Gasteiger partial charge in [0.15, 0.2) is 0 Å². The summed E-state index contributed by atoms with van der Waals surface area (Å²) >= 11 is 0. The van der Waals surface area contributed by atoms with Crippen molar-refractivity contribution in [1.29, 1.82) is 0 Å². The van der Waals surface area contributed by atoms with E-state index >= 15 is 0 Å². The monoisotopic (exact) mass is 319 g/mol. The van der Waals surface area contributed by atoms with E-state index in [1.54, 1.807) is 5.01 Å². The summed E-state index contributed by atoms with van der Waals surface area (Å²) in [5, 5.41) is 1.60. The number of amides is 1. The standard InChI is InChI=1S/C19H33N3O/c1-18-9-7-15-13(14(18)5-3-12(18)11-20)4-6-16-19(15,2)10-8-17(23)22(16)21/h12-16H,3-11,20-21H2,1-2H3. The van der Waals surface area contributed by atoms with Crippen molar-refractivity contribution in [2.24, 2.45) is 46.1 Å². The molecule has 0 aromatic rings. The van der Waals surface area contributed by atoms with Crippen LogP contribution in [0.1, 0.15) is 65.2 Å². The lowest BCUT2D eigenvalue weighted by molar-refractivity contribution is -0.162. The second-order valence-corrected chi connectivity index (χ2v) is 9.33. The molecule has 3 aliphatic carbocycles. The molecule has 23 heavy (non-hydrogen) atoms. The molecule has 1 aliphatic heterocycles. The Hall–Kier alpha value is -0.610. The molecular formula is C19H33N3O. The molecule has 7 unspecified atom stereocenters. The van der Waals surface area contributed by atoms with Gasteiger partial charge in [-0.2, -0.15) is 0 Å². The average molecular weight is 319 g/mol. The van der Waals surface area contributed by atoms with E-state index < -0.39 is 0 Å². The van der Waals surface area contributed by atoms with E-state index in [-0.39, 0.29) is 17.4 Å². The van der Waals surface area contributed by atoms with Gasteiger partial charge in [-0.25, -0.2) is 5.84 Å². The highest BCUT2D eigenvalue weighted by molar-refractivity contribution is 5.77. The predicted molar refractivity (Wildman–Crippen MR) is 91.0 cm³/mol. The Labute approximate surface area is 140 Å². The third-order valence-electron chi connectivity index (χ3n) is 8.80. The zero-order valence-corrected chi connectivity index (χ0v) is 14.8. The molecule has 4 nitrogen and oxygen atoms in total. The molecule has 3 saturated carbocycles. The number of hydrogen-bond donors (Lipinski definition) is 2. The molecule has 4 fully saturated rings. The molecule has 130 valence electrons. The summed E-state index contributed by atoms with van der Waals surface area (Å²) in [4.78, 5) is 12.1. The van der Waals surface area contributed by atoms with Gasteiger partial charge in [0.25, 0.3) is 0 Å². The normalized spacial score (nSPS) is 52.8. The fourth-order valence-electron chi connectivity index (χ4n) is 7.42. The van der Waals surface area contributed by atoms with E-state index in [0.717, 1.165) is 43.1 Å².